The lowest BCUT2D eigenvalue weighted by Crippen LogP contribution is -2.53. The Labute approximate surface area is 293 Å². The third kappa shape index (κ3) is 11.2. The van der Waals surface area contributed by atoms with Gasteiger partial charge in [0, 0.05) is 64.2 Å². The molecule has 4 rings (SSSR count). The molecule has 0 aromatic heterocycles. The van der Waals surface area contributed by atoms with Gasteiger partial charge in [-0.05, 0) is 104 Å². The smallest absolute Gasteiger partial charge is 0.410 e. The topological polar surface area (TPSA) is 115 Å². The van der Waals surface area contributed by atoms with Crippen molar-refractivity contribution in [3.05, 3.63) is 18.2 Å². The van der Waals surface area contributed by atoms with E-state index in [1.54, 1.807) is 51.5 Å². The molecule has 0 spiro atoms. The van der Waals surface area contributed by atoms with Crippen LogP contribution in [0.2, 0.25) is 0 Å². The number of ether oxygens (including phenoxy) is 4. The van der Waals surface area contributed by atoms with Crippen molar-refractivity contribution < 1.29 is 38.1 Å². The summed E-state index contributed by atoms with van der Waals surface area (Å²) < 4.78 is 22.1. The van der Waals surface area contributed by atoms with Gasteiger partial charge in [-0.3, -0.25) is 14.4 Å². The summed E-state index contributed by atoms with van der Waals surface area (Å²) in [7, 11) is 1.63. The standard InChI is InChI=1S/C30H43N3O7.C8H18O/c1-19(34)20-15-21(18-31(17-20)28(37)40-29(2,3)4)26(35)33(22-9-10-22)23-11-12-25-24(16-23)32(13-8-14-38-7)27(36)30(5,6)39-25;1-5-9-6-8(4)7(2)3/h11-12,16,20-22H,8-10,13-15,17-18H2,1-7H3;7-8H,5-6H2,1-4H3. The molecule has 1 aromatic carbocycles. The first kappa shape index (κ1) is 40.3. The number of likely N-dealkylation sites (tertiary alicyclic amines) is 1. The summed E-state index contributed by atoms with van der Waals surface area (Å²) in [6.07, 6.45) is 2.24. The van der Waals surface area contributed by atoms with E-state index in [1.165, 1.54) is 11.8 Å². The molecule has 1 saturated heterocycles. The molecule has 11 nitrogen and oxygen atoms in total. The number of anilines is 2. The van der Waals surface area contributed by atoms with Gasteiger partial charge in [-0.15, -0.1) is 0 Å². The zero-order chi connectivity index (χ0) is 36.7. The Morgan fingerprint density at radius 2 is 1.73 bits per heavy atom. The lowest BCUT2D eigenvalue weighted by Gasteiger charge is -2.40. The fourth-order valence-corrected chi connectivity index (χ4v) is 5.89. The van der Waals surface area contributed by atoms with Gasteiger partial charge < -0.3 is 33.6 Å². The predicted octanol–water partition coefficient (Wildman–Crippen LogP) is 6.50. The van der Waals surface area contributed by atoms with Crippen LogP contribution in [0.25, 0.3) is 0 Å². The maximum Gasteiger partial charge on any atom is 0.410 e. The molecule has 3 atom stereocenters. The van der Waals surface area contributed by atoms with Crippen molar-refractivity contribution in [2.45, 2.75) is 112 Å². The van der Waals surface area contributed by atoms with Crippen molar-refractivity contribution in [1.82, 2.24) is 4.90 Å². The first-order valence-electron chi connectivity index (χ1n) is 17.9. The fourth-order valence-electron chi connectivity index (χ4n) is 5.89. The van der Waals surface area contributed by atoms with Gasteiger partial charge in [0.05, 0.1) is 11.6 Å². The summed E-state index contributed by atoms with van der Waals surface area (Å²) >= 11 is 0. The number of benzene rings is 1. The number of methoxy groups -OCH3 is 1. The van der Waals surface area contributed by atoms with Crippen molar-refractivity contribution in [2.75, 3.05) is 56.4 Å². The van der Waals surface area contributed by atoms with Crippen molar-refractivity contribution in [1.29, 1.82) is 0 Å². The average Bonchev–Trinajstić information content (AvgIpc) is 3.86. The Balaban J connectivity index is 0.000000635. The highest BCUT2D eigenvalue weighted by Gasteiger charge is 2.44. The molecular weight excluding hydrogens is 626 g/mol. The summed E-state index contributed by atoms with van der Waals surface area (Å²) in [5.74, 6) is 0.702. The molecule has 2 heterocycles. The van der Waals surface area contributed by atoms with E-state index < -0.39 is 29.1 Å². The van der Waals surface area contributed by atoms with Crippen LogP contribution < -0.4 is 14.5 Å². The Morgan fingerprint density at radius 1 is 1.08 bits per heavy atom. The van der Waals surface area contributed by atoms with Crippen LogP contribution in [0.5, 0.6) is 5.75 Å². The number of hydrogen-bond donors (Lipinski definition) is 0. The van der Waals surface area contributed by atoms with Crippen LogP contribution in [0, 0.1) is 23.7 Å². The molecule has 1 aliphatic carbocycles. The summed E-state index contributed by atoms with van der Waals surface area (Å²) in [4.78, 5) is 57.8. The van der Waals surface area contributed by atoms with Crippen LogP contribution in [0.4, 0.5) is 16.2 Å². The lowest BCUT2D eigenvalue weighted by molar-refractivity contribution is -0.132. The third-order valence-corrected chi connectivity index (χ3v) is 9.27. The summed E-state index contributed by atoms with van der Waals surface area (Å²) in [6.45, 7) is 22.2. The maximum absolute atomic E-state index is 14.1. The third-order valence-electron chi connectivity index (χ3n) is 9.27. The van der Waals surface area contributed by atoms with Crippen LogP contribution in [0.1, 0.15) is 94.9 Å². The van der Waals surface area contributed by atoms with E-state index in [1.807, 2.05) is 25.1 Å². The maximum atomic E-state index is 14.1. The zero-order valence-corrected chi connectivity index (χ0v) is 31.8. The largest absolute Gasteiger partial charge is 0.476 e. The number of rotatable bonds is 12. The van der Waals surface area contributed by atoms with Crippen molar-refractivity contribution in [3.63, 3.8) is 0 Å². The minimum absolute atomic E-state index is 0.0248. The van der Waals surface area contributed by atoms with Crippen LogP contribution in [0.15, 0.2) is 18.2 Å². The lowest BCUT2D eigenvalue weighted by atomic mass is 9.86. The summed E-state index contributed by atoms with van der Waals surface area (Å²) in [6, 6.07) is 5.54. The van der Waals surface area contributed by atoms with Crippen molar-refractivity contribution in [2.24, 2.45) is 23.7 Å². The molecule has 3 unspecified atom stereocenters. The second-order valence-electron chi connectivity index (χ2n) is 15.5. The van der Waals surface area contributed by atoms with E-state index in [9.17, 15) is 19.2 Å². The van der Waals surface area contributed by atoms with Crippen LogP contribution in [0.3, 0.4) is 0 Å². The monoisotopic (exact) mass is 687 g/mol. The molecule has 1 aromatic rings. The number of nitrogens with zero attached hydrogens (tertiary/aromatic N) is 3. The number of piperidine rings is 1. The predicted molar refractivity (Wildman–Crippen MR) is 191 cm³/mol. The molecule has 1 saturated carbocycles. The summed E-state index contributed by atoms with van der Waals surface area (Å²) in [5, 5.41) is 0. The van der Waals surface area contributed by atoms with Crippen LogP contribution in [-0.2, 0) is 28.6 Å². The molecule has 0 radical (unpaired) electrons. The number of carbonyl (C=O) groups is 4. The minimum Gasteiger partial charge on any atom is -0.476 e. The second kappa shape index (κ2) is 17.2. The first-order valence-corrected chi connectivity index (χ1v) is 17.9. The highest BCUT2D eigenvalue weighted by atomic mass is 16.6. The Hall–Kier alpha value is -3.18. The molecule has 3 amide bonds. The van der Waals surface area contributed by atoms with Crippen molar-refractivity contribution in [3.8, 4) is 5.75 Å². The molecule has 2 aliphatic heterocycles. The quantitative estimate of drug-likeness (QED) is 0.229. The normalized spacial score (nSPS) is 20.9. The average molecular weight is 688 g/mol. The van der Waals surface area contributed by atoms with Gasteiger partial charge in [-0.1, -0.05) is 20.8 Å². The molecule has 49 heavy (non-hydrogen) atoms. The highest BCUT2D eigenvalue weighted by Crippen LogP contribution is 2.43. The van der Waals surface area contributed by atoms with Gasteiger partial charge in [0.15, 0.2) is 5.60 Å². The molecule has 3 aliphatic rings. The van der Waals surface area contributed by atoms with Gasteiger partial charge in [0.1, 0.15) is 17.1 Å². The van der Waals surface area contributed by atoms with Gasteiger partial charge in [-0.25, -0.2) is 4.79 Å². The van der Waals surface area contributed by atoms with Gasteiger partial charge >= 0.3 is 6.09 Å². The van der Waals surface area contributed by atoms with E-state index >= 15 is 0 Å². The van der Waals surface area contributed by atoms with E-state index in [0.717, 1.165) is 32.0 Å². The zero-order valence-electron chi connectivity index (χ0n) is 31.8. The van der Waals surface area contributed by atoms with Crippen LogP contribution in [-0.4, -0.2) is 92.4 Å². The molecule has 2 fully saturated rings. The van der Waals surface area contributed by atoms with E-state index in [-0.39, 0.29) is 36.7 Å². The SMILES string of the molecule is CCOCC(C)C(C)C.COCCCN1C(=O)C(C)(C)Oc2ccc(N(C(=O)C3CC(C(C)=O)CN(C(=O)OC(C)(C)C)C3)C3CC3)cc21. The van der Waals surface area contributed by atoms with Gasteiger partial charge in [-0.2, -0.15) is 0 Å². The minimum atomic E-state index is -1.01. The number of amides is 3. The van der Waals surface area contributed by atoms with E-state index in [0.29, 0.717) is 49.0 Å². The molecule has 0 N–H and O–H groups in total. The number of fused-ring (bicyclic) bond motifs is 1. The Kier molecular flexibility index (Phi) is 14.1. The van der Waals surface area contributed by atoms with Crippen LogP contribution >= 0.6 is 0 Å². The number of hydrogen-bond acceptors (Lipinski definition) is 8. The first-order chi connectivity index (χ1) is 22.9. The van der Waals surface area contributed by atoms with Gasteiger partial charge in [0.2, 0.25) is 5.91 Å². The van der Waals surface area contributed by atoms with E-state index in [2.05, 4.69) is 20.8 Å². The Bertz CT molecular complexity index is 1300. The summed E-state index contributed by atoms with van der Waals surface area (Å²) in [5.41, 5.74) is -0.404. The second-order valence-corrected chi connectivity index (χ2v) is 15.5. The molecule has 0 bridgehead atoms. The van der Waals surface area contributed by atoms with Crippen molar-refractivity contribution >= 4 is 35.1 Å². The number of carbonyl (C=O) groups excluding carboxylic acids is 4. The van der Waals surface area contributed by atoms with E-state index in [4.69, 9.17) is 18.9 Å². The Morgan fingerprint density at radius 3 is 2.29 bits per heavy atom. The molecular formula is C38H61N3O8. The number of ketones is 1. The molecule has 276 valence electrons. The number of Topliss-reactive ketones (excluding diaryl/α,β-unsaturated/α-hetero) is 1. The van der Waals surface area contributed by atoms with Gasteiger partial charge in [0.25, 0.3) is 5.91 Å². The molecule has 11 heteroatoms. The highest BCUT2D eigenvalue weighted by molar-refractivity contribution is 6.04. The fraction of sp³-hybridized carbons (Fsp3) is 0.737.